The normalized spacial score (nSPS) is 11.5. The Hall–Kier alpha value is -5.15. The van der Waals surface area contributed by atoms with Gasteiger partial charge in [0.15, 0.2) is 0 Å². The van der Waals surface area contributed by atoms with Crippen LogP contribution in [0.2, 0.25) is 0 Å². The van der Waals surface area contributed by atoms with Crippen molar-refractivity contribution in [3.05, 3.63) is 127 Å². The van der Waals surface area contributed by atoms with Crippen molar-refractivity contribution in [3.63, 3.8) is 0 Å². The number of para-hydroxylation sites is 3. The molecule has 0 bridgehead atoms. The largest absolute Gasteiger partial charge is 0.292 e. The molecule has 202 valence electrons. The molecule has 0 aliphatic rings. The van der Waals surface area contributed by atoms with Gasteiger partial charge in [0.2, 0.25) is 0 Å². The highest BCUT2D eigenvalue weighted by molar-refractivity contribution is 6.69. The summed E-state index contributed by atoms with van der Waals surface area (Å²) in [4.78, 5) is 5.21. The van der Waals surface area contributed by atoms with E-state index in [4.69, 9.17) is 44.2 Å². The molecule has 0 aliphatic carbocycles. The van der Waals surface area contributed by atoms with Gasteiger partial charge in [-0.1, -0.05) is 114 Å². The third kappa shape index (κ3) is 4.22. The molecule has 10 radical (unpaired) electrons. The maximum absolute atomic E-state index is 6.67. The first-order valence-corrected chi connectivity index (χ1v) is 15.0. The Balaban J connectivity index is 1.51. The van der Waals surface area contributed by atoms with Crippen LogP contribution in [0.5, 0.6) is 0 Å². The van der Waals surface area contributed by atoms with Gasteiger partial charge in [-0.25, -0.2) is 4.98 Å². The molecule has 0 amide bonds. The quantitative estimate of drug-likeness (QED) is 0.228. The molecule has 0 spiro atoms. The summed E-state index contributed by atoms with van der Waals surface area (Å²) in [5.41, 5.74) is 8.83. The van der Waals surface area contributed by atoms with Crippen molar-refractivity contribution in [3.8, 4) is 39.3 Å². The predicted octanol–water partition coefficient (Wildman–Crippen LogP) is 4.30. The predicted molar refractivity (Wildman–Crippen MR) is 199 cm³/mol. The van der Waals surface area contributed by atoms with E-state index in [-0.39, 0.29) is 16.4 Å². The molecule has 0 aliphatic heterocycles. The van der Waals surface area contributed by atoms with Gasteiger partial charge in [0, 0.05) is 11.3 Å². The third-order valence-corrected chi connectivity index (χ3v) is 8.89. The Morgan fingerprint density at radius 3 is 1.46 bits per heavy atom. The fourth-order valence-corrected chi connectivity index (χ4v) is 6.75. The van der Waals surface area contributed by atoms with E-state index in [1.54, 1.807) is 0 Å². The molecule has 0 saturated carbocycles. The lowest BCUT2D eigenvalue weighted by atomic mass is 9.59. The minimum Gasteiger partial charge on any atom is -0.292 e. The summed E-state index contributed by atoms with van der Waals surface area (Å²) in [6, 6.07) is 43.6. The van der Waals surface area contributed by atoms with Gasteiger partial charge in [0.05, 0.1) is 11.0 Å². The number of imidazole rings is 1. The van der Waals surface area contributed by atoms with Gasteiger partial charge in [0.1, 0.15) is 45.1 Å². The fourth-order valence-electron chi connectivity index (χ4n) is 6.75. The Bertz CT molecular complexity index is 2400. The molecule has 0 saturated heterocycles. The third-order valence-electron chi connectivity index (χ3n) is 8.89. The van der Waals surface area contributed by atoms with Crippen LogP contribution in [0.4, 0.5) is 0 Å². The molecule has 7 heteroatoms. The highest BCUT2D eigenvalue weighted by atomic mass is 15.1. The summed E-state index contributed by atoms with van der Waals surface area (Å²) in [6.07, 6.45) is 0. The van der Waals surface area contributed by atoms with Crippen LogP contribution >= 0.6 is 0 Å². The maximum atomic E-state index is 6.67. The summed E-state index contributed by atoms with van der Waals surface area (Å²) in [5, 5.41) is 3.98. The smallest absolute Gasteiger partial charge is 0.146 e. The number of hydrogen-bond acceptors (Lipinski definition) is 1. The summed E-state index contributed by atoms with van der Waals surface area (Å²) >= 11 is 0. The van der Waals surface area contributed by atoms with Gasteiger partial charge in [-0.05, 0) is 68.1 Å². The second kappa shape index (κ2) is 11.0. The maximum Gasteiger partial charge on any atom is 0.146 e. The molecule has 0 N–H and O–H groups in total. The lowest BCUT2D eigenvalue weighted by Crippen LogP contribution is -2.55. The van der Waals surface area contributed by atoms with Gasteiger partial charge in [-0.3, -0.25) is 4.57 Å². The van der Waals surface area contributed by atoms with E-state index in [0.717, 1.165) is 66.3 Å². The molecule has 1 heterocycles. The Kier molecular flexibility index (Phi) is 6.80. The van der Waals surface area contributed by atoms with E-state index < -0.39 is 0 Å². The van der Waals surface area contributed by atoms with Gasteiger partial charge in [0.25, 0.3) is 0 Å². The average Bonchev–Trinajstić information content (AvgIpc) is 3.49. The summed E-state index contributed by atoms with van der Waals surface area (Å²) in [7, 11) is 32.3. The van der Waals surface area contributed by atoms with Gasteiger partial charge in [-0.15, -0.1) is 16.4 Å². The van der Waals surface area contributed by atoms with E-state index in [1.807, 2.05) is 54.6 Å². The second-order valence-electron chi connectivity index (χ2n) is 11.4. The van der Waals surface area contributed by atoms with Crippen molar-refractivity contribution < 1.29 is 0 Å². The summed E-state index contributed by atoms with van der Waals surface area (Å²) in [6.45, 7) is 0. The lowest BCUT2D eigenvalue weighted by molar-refractivity contribution is 1.10. The van der Waals surface area contributed by atoms with Crippen molar-refractivity contribution in [1.29, 1.82) is 0 Å². The van der Waals surface area contributed by atoms with Crippen molar-refractivity contribution >= 4 is 99.1 Å². The molecule has 2 nitrogen and oxygen atoms in total. The molecule has 8 rings (SSSR count). The monoisotopic (exact) mass is 572 g/mol. The van der Waals surface area contributed by atoms with Crippen molar-refractivity contribution in [1.82, 2.24) is 9.55 Å². The second-order valence-corrected chi connectivity index (χ2v) is 11.4. The van der Waals surface area contributed by atoms with E-state index in [1.165, 1.54) is 0 Å². The van der Waals surface area contributed by atoms with Crippen LogP contribution < -0.4 is 27.3 Å². The van der Waals surface area contributed by atoms with Crippen molar-refractivity contribution in [2.75, 3.05) is 0 Å². The zero-order valence-electron chi connectivity index (χ0n) is 24.9. The molecule has 46 heavy (non-hydrogen) atoms. The zero-order valence-corrected chi connectivity index (χ0v) is 24.9. The van der Waals surface area contributed by atoms with E-state index in [0.29, 0.717) is 16.5 Å². The van der Waals surface area contributed by atoms with E-state index >= 15 is 0 Å². The number of rotatable bonds is 4. The van der Waals surface area contributed by atoms with Crippen LogP contribution in [-0.4, -0.2) is 48.8 Å². The Labute approximate surface area is 274 Å². The Morgan fingerprint density at radius 2 is 0.848 bits per heavy atom. The minimum atomic E-state index is 0.194. The SMILES string of the molecule is [B]c1c([B])c([B])c(-c2c3ccccc3c(-c3ccccc3-c3nc4ccccc4n3-c3ccccc3)c3ccccc23)c([B])c1[B]. The number of fused-ring (bicyclic) bond motifs is 3. The zero-order chi connectivity index (χ0) is 31.5. The first-order chi connectivity index (χ1) is 22.5. The van der Waals surface area contributed by atoms with Crippen LogP contribution in [0, 0.1) is 0 Å². The standard InChI is InChI=1S/C39H21B5N2/c40-34-33(35(41)37(43)38(44)36(34)42)32-25-16-6-4-14-23(25)31(24-15-5-7-17-26(24)32)27-18-8-9-19-28(27)39-45-29-20-10-11-21-30(29)46(39)22-12-2-1-3-13-22/h1-21H. The molecule has 0 fully saturated rings. The van der Waals surface area contributed by atoms with Crippen LogP contribution in [-0.2, 0) is 0 Å². The first kappa shape index (κ1) is 28.3. The van der Waals surface area contributed by atoms with Crippen LogP contribution in [0.1, 0.15) is 0 Å². The molecule has 0 atom stereocenters. The van der Waals surface area contributed by atoms with Crippen LogP contribution in [0.25, 0.3) is 71.9 Å². The highest BCUT2D eigenvalue weighted by Gasteiger charge is 2.23. The number of nitrogens with zero attached hydrogens (tertiary/aromatic N) is 2. The van der Waals surface area contributed by atoms with Gasteiger partial charge < -0.3 is 0 Å². The van der Waals surface area contributed by atoms with Gasteiger partial charge in [-0.2, -0.15) is 0 Å². The first-order valence-electron chi connectivity index (χ1n) is 15.0. The van der Waals surface area contributed by atoms with Crippen LogP contribution in [0.15, 0.2) is 127 Å². The molecule has 1 aromatic heterocycles. The summed E-state index contributed by atoms with van der Waals surface area (Å²) < 4.78 is 2.23. The molecular weight excluding hydrogens is 551 g/mol. The van der Waals surface area contributed by atoms with Crippen molar-refractivity contribution in [2.24, 2.45) is 0 Å². The number of aromatic nitrogens is 2. The number of hydrogen-bond donors (Lipinski definition) is 0. The molecule has 7 aromatic carbocycles. The fraction of sp³-hybridized carbons (Fsp3) is 0. The highest BCUT2D eigenvalue weighted by Crippen LogP contribution is 2.45. The Morgan fingerprint density at radius 1 is 0.391 bits per heavy atom. The van der Waals surface area contributed by atoms with E-state index in [2.05, 4.69) is 77.4 Å². The molecule has 8 aromatic rings. The summed E-state index contributed by atoms with van der Waals surface area (Å²) in [5.74, 6) is 0.854. The molecular formula is C39H21B5N2. The average molecular weight is 572 g/mol. The molecule has 0 unspecified atom stereocenters. The van der Waals surface area contributed by atoms with Crippen molar-refractivity contribution in [2.45, 2.75) is 0 Å². The number of benzene rings is 7. The topological polar surface area (TPSA) is 17.8 Å². The van der Waals surface area contributed by atoms with Crippen LogP contribution in [0.3, 0.4) is 0 Å². The van der Waals surface area contributed by atoms with E-state index in [9.17, 15) is 0 Å². The lowest BCUT2D eigenvalue weighted by Gasteiger charge is -2.25. The minimum absolute atomic E-state index is 0.194. The van der Waals surface area contributed by atoms with Gasteiger partial charge >= 0.3 is 0 Å².